The van der Waals surface area contributed by atoms with E-state index in [2.05, 4.69) is 12.2 Å². The molecule has 0 saturated carbocycles. The van der Waals surface area contributed by atoms with Gasteiger partial charge in [-0.2, -0.15) is 0 Å². The van der Waals surface area contributed by atoms with Crippen LogP contribution >= 0.6 is 0 Å². The number of rotatable bonds is 7. The predicted molar refractivity (Wildman–Crippen MR) is 82.1 cm³/mol. The molecule has 0 radical (unpaired) electrons. The summed E-state index contributed by atoms with van der Waals surface area (Å²) in [5.74, 6) is 1.11. The Balaban J connectivity index is 1.99. The fourth-order valence-electron chi connectivity index (χ4n) is 2.58. The Bertz CT molecular complexity index is 433. The van der Waals surface area contributed by atoms with Crippen molar-refractivity contribution in [3.8, 4) is 5.75 Å². The molecule has 1 heterocycles. The molecule has 1 atom stereocenters. The molecule has 4 heteroatoms. The standard InChI is InChI=1S/C17H26FNO2/c1-3-8-19-13(2)16-11-15(18)4-5-17(16)21-12-14-6-9-20-10-7-14/h4-5,11,13-14,19H,3,6-10,12H2,1-2H3. The van der Waals surface area contributed by atoms with Gasteiger partial charge in [0.05, 0.1) is 6.61 Å². The van der Waals surface area contributed by atoms with Crippen molar-refractivity contribution < 1.29 is 13.9 Å². The smallest absolute Gasteiger partial charge is 0.124 e. The van der Waals surface area contributed by atoms with E-state index in [9.17, 15) is 4.39 Å². The third-order valence-electron chi connectivity index (χ3n) is 3.95. The van der Waals surface area contributed by atoms with E-state index in [4.69, 9.17) is 9.47 Å². The monoisotopic (exact) mass is 295 g/mol. The predicted octanol–water partition coefficient (Wildman–Crippen LogP) is 3.69. The summed E-state index contributed by atoms with van der Waals surface area (Å²) >= 11 is 0. The van der Waals surface area contributed by atoms with E-state index >= 15 is 0 Å². The minimum Gasteiger partial charge on any atom is -0.493 e. The molecule has 1 fully saturated rings. The zero-order valence-corrected chi connectivity index (χ0v) is 13.0. The summed E-state index contributed by atoms with van der Waals surface area (Å²) in [5.41, 5.74) is 0.899. The molecule has 1 aromatic rings. The highest BCUT2D eigenvalue weighted by Crippen LogP contribution is 2.27. The van der Waals surface area contributed by atoms with Crippen molar-refractivity contribution in [1.29, 1.82) is 0 Å². The Kier molecular flexibility index (Phi) is 6.46. The maximum Gasteiger partial charge on any atom is 0.124 e. The minimum absolute atomic E-state index is 0.0883. The van der Waals surface area contributed by atoms with Gasteiger partial charge in [-0.15, -0.1) is 0 Å². The summed E-state index contributed by atoms with van der Waals surface area (Å²) in [5, 5.41) is 3.39. The molecule has 21 heavy (non-hydrogen) atoms. The van der Waals surface area contributed by atoms with Gasteiger partial charge in [0.1, 0.15) is 11.6 Å². The highest BCUT2D eigenvalue weighted by molar-refractivity contribution is 5.36. The lowest BCUT2D eigenvalue weighted by Gasteiger charge is -2.24. The van der Waals surface area contributed by atoms with Gasteiger partial charge in [-0.25, -0.2) is 4.39 Å². The van der Waals surface area contributed by atoms with Crippen LogP contribution in [-0.2, 0) is 4.74 Å². The van der Waals surface area contributed by atoms with Crippen molar-refractivity contribution in [3.63, 3.8) is 0 Å². The van der Waals surface area contributed by atoms with Crippen molar-refractivity contribution in [1.82, 2.24) is 5.32 Å². The average molecular weight is 295 g/mol. The molecule has 1 saturated heterocycles. The molecule has 1 aliphatic heterocycles. The van der Waals surface area contributed by atoms with Crippen LogP contribution in [0.5, 0.6) is 5.75 Å². The maximum absolute atomic E-state index is 13.5. The van der Waals surface area contributed by atoms with Crippen LogP contribution in [0.3, 0.4) is 0 Å². The quantitative estimate of drug-likeness (QED) is 0.832. The lowest BCUT2D eigenvalue weighted by molar-refractivity contribution is 0.0495. The van der Waals surface area contributed by atoms with Gasteiger partial charge < -0.3 is 14.8 Å². The van der Waals surface area contributed by atoms with E-state index in [1.807, 2.05) is 6.92 Å². The van der Waals surface area contributed by atoms with E-state index in [0.717, 1.165) is 50.3 Å². The Labute approximate surface area is 126 Å². The van der Waals surface area contributed by atoms with Gasteiger partial charge in [-0.3, -0.25) is 0 Å². The Morgan fingerprint density at radius 1 is 1.38 bits per heavy atom. The van der Waals surface area contributed by atoms with Crippen molar-refractivity contribution in [2.45, 2.75) is 39.2 Å². The molecule has 0 spiro atoms. The molecule has 0 aliphatic carbocycles. The summed E-state index contributed by atoms with van der Waals surface area (Å²) < 4.78 is 24.9. The van der Waals surface area contributed by atoms with Crippen LogP contribution in [0.4, 0.5) is 4.39 Å². The topological polar surface area (TPSA) is 30.5 Å². The summed E-state index contributed by atoms with van der Waals surface area (Å²) in [6.07, 6.45) is 3.14. The molecule has 3 nitrogen and oxygen atoms in total. The number of nitrogens with one attached hydrogen (secondary N) is 1. The molecule has 0 bridgehead atoms. The second kappa shape index (κ2) is 8.35. The Hall–Kier alpha value is -1.13. The SMILES string of the molecule is CCCNC(C)c1cc(F)ccc1OCC1CCOCC1. The van der Waals surface area contributed by atoms with Gasteiger partial charge in [0.25, 0.3) is 0 Å². The van der Waals surface area contributed by atoms with Crippen molar-refractivity contribution in [2.24, 2.45) is 5.92 Å². The van der Waals surface area contributed by atoms with E-state index < -0.39 is 0 Å². The first kappa shape index (κ1) is 16.2. The van der Waals surface area contributed by atoms with E-state index in [1.165, 1.54) is 6.07 Å². The molecule has 2 rings (SSSR count). The van der Waals surface area contributed by atoms with Crippen LogP contribution < -0.4 is 10.1 Å². The molecule has 0 amide bonds. The van der Waals surface area contributed by atoms with E-state index in [0.29, 0.717) is 12.5 Å². The number of ether oxygens (including phenoxy) is 2. The molecule has 1 aromatic carbocycles. The van der Waals surface area contributed by atoms with Gasteiger partial charge in [0.2, 0.25) is 0 Å². The number of hydrogen-bond acceptors (Lipinski definition) is 3. The third-order valence-corrected chi connectivity index (χ3v) is 3.95. The van der Waals surface area contributed by atoms with Crippen molar-refractivity contribution >= 4 is 0 Å². The van der Waals surface area contributed by atoms with Crippen LogP contribution in [0.1, 0.15) is 44.7 Å². The second-order valence-corrected chi connectivity index (χ2v) is 5.72. The first-order valence-corrected chi connectivity index (χ1v) is 7.94. The summed E-state index contributed by atoms with van der Waals surface area (Å²) in [6, 6.07) is 4.88. The van der Waals surface area contributed by atoms with Gasteiger partial charge in [0, 0.05) is 24.8 Å². The molecular weight excluding hydrogens is 269 g/mol. The molecule has 0 aromatic heterocycles. The largest absolute Gasteiger partial charge is 0.493 e. The Morgan fingerprint density at radius 3 is 2.86 bits per heavy atom. The van der Waals surface area contributed by atoms with E-state index in [1.54, 1.807) is 12.1 Å². The third kappa shape index (κ3) is 4.97. The van der Waals surface area contributed by atoms with Crippen molar-refractivity contribution in [2.75, 3.05) is 26.4 Å². The summed E-state index contributed by atoms with van der Waals surface area (Å²) in [6.45, 7) is 7.40. The highest BCUT2D eigenvalue weighted by atomic mass is 19.1. The lowest BCUT2D eigenvalue weighted by Crippen LogP contribution is -2.23. The first-order chi connectivity index (χ1) is 10.2. The Morgan fingerprint density at radius 2 is 2.14 bits per heavy atom. The van der Waals surface area contributed by atoms with Gasteiger partial charge in [0.15, 0.2) is 0 Å². The molecule has 1 N–H and O–H groups in total. The maximum atomic E-state index is 13.5. The number of halogens is 1. The van der Waals surface area contributed by atoms with Crippen LogP contribution in [-0.4, -0.2) is 26.4 Å². The number of benzene rings is 1. The highest BCUT2D eigenvalue weighted by Gasteiger charge is 2.17. The summed E-state index contributed by atoms with van der Waals surface area (Å²) in [4.78, 5) is 0. The molecule has 1 aliphatic rings. The van der Waals surface area contributed by atoms with Crippen LogP contribution in [0, 0.1) is 11.7 Å². The second-order valence-electron chi connectivity index (χ2n) is 5.72. The fourth-order valence-corrected chi connectivity index (χ4v) is 2.58. The first-order valence-electron chi connectivity index (χ1n) is 7.94. The number of hydrogen-bond donors (Lipinski definition) is 1. The van der Waals surface area contributed by atoms with Crippen LogP contribution in [0.25, 0.3) is 0 Å². The fraction of sp³-hybridized carbons (Fsp3) is 0.647. The van der Waals surface area contributed by atoms with Crippen LogP contribution in [0.15, 0.2) is 18.2 Å². The van der Waals surface area contributed by atoms with Gasteiger partial charge in [-0.1, -0.05) is 6.92 Å². The normalized spacial score (nSPS) is 17.7. The summed E-state index contributed by atoms with van der Waals surface area (Å²) in [7, 11) is 0. The molecular formula is C17H26FNO2. The zero-order chi connectivity index (χ0) is 15.1. The van der Waals surface area contributed by atoms with Gasteiger partial charge >= 0.3 is 0 Å². The van der Waals surface area contributed by atoms with Crippen LogP contribution in [0.2, 0.25) is 0 Å². The lowest BCUT2D eigenvalue weighted by atomic mass is 10.0. The molecule has 118 valence electrons. The van der Waals surface area contributed by atoms with Gasteiger partial charge in [-0.05, 0) is 56.8 Å². The average Bonchev–Trinajstić information content (AvgIpc) is 2.52. The van der Waals surface area contributed by atoms with Crippen molar-refractivity contribution in [3.05, 3.63) is 29.6 Å². The minimum atomic E-state index is -0.214. The zero-order valence-electron chi connectivity index (χ0n) is 13.0. The molecule has 1 unspecified atom stereocenters. The van der Waals surface area contributed by atoms with E-state index in [-0.39, 0.29) is 11.9 Å².